The molecule has 0 spiro atoms. The average Bonchev–Trinajstić information content (AvgIpc) is 2.93. The van der Waals surface area contributed by atoms with Crippen molar-refractivity contribution < 1.29 is 17.9 Å². The molecule has 0 N–H and O–H groups in total. The van der Waals surface area contributed by atoms with Gasteiger partial charge in [0.15, 0.2) is 0 Å². The number of para-hydroxylation sites is 1. The van der Waals surface area contributed by atoms with Gasteiger partial charge in [0.2, 0.25) is 0 Å². The third kappa shape index (κ3) is 2.72. The molecule has 0 radical (unpaired) electrons. The van der Waals surface area contributed by atoms with Gasteiger partial charge < -0.3 is 4.74 Å². The molecular formula is C19H19NO4S. The Bertz CT molecular complexity index is 1070. The van der Waals surface area contributed by atoms with E-state index < -0.39 is 16.0 Å². The third-order valence-corrected chi connectivity index (χ3v) is 6.18. The van der Waals surface area contributed by atoms with Crippen LogP contribution in [-0.2, 0) is 14.8 Å². The molecule has 3 aromatic rings. The summed E-state index contributed by atoms with van der Waals surface area (Å²) >= 11 is 0. The van der Waals surface area contributed by atoms with E-state index in [1.165, 1.54) is 17.3 Å². The first-order valence-corrected chi connectivity index (χ1v) is 9.23. The lowest BCUT2D eigenvalue weighted by molar-refractivity contribution is 0.0603. The molecule has 6 heteroatoms. The third-order valence-electron chi connectivity index (χ3n) is 4.20. The maximum atomic E-state index is 13.3. The Morgan fingerprint density at radius 1 is 1.04 bits per heavy atom. The zero-order valence-corrected chi connectivity index (χ0v) is 15.3. The Balaban J connectivity index is 2.35. The molecule has 0 saturated heterocycles. The monoisotopic (exact) mass is 357 g/mol. The highest BCUT2D eigenvalue weighted by Gasteiger charge is 2.26. The zero-order chi connectivity index (χ0) is 18.4. The highest BCUT2D eigenvalue weighted by molar-refractivity contribution is 7.90. The van der Waals surface area contributed by atoms with Crippen LogP contribution in [0.2, 0.25) is 0 Å². The van der Waals surface area contributed by atoms with Crippen LogP contribution in [0, 0.1) is 20.8 Å². The van der Waals surface area contributed by atoms with Crippen LogP contribution in [0.15, 0.2) is 47.5 Å². The highest BCUT2D eigenvalue weighted by Crippen LogP contribution is 2.29. The van der Waals surface area contributed by atoms with E-state index in [0.29, 0.717) is 22.0 Å². The van der Waals surface area contributed by atoms with Gasteiger partial charge >= 0.3 is 5.97 Å². The van der Waals surface area contributed by atoms with Gasteiger partial charge in [0.25, 0.3) is 10.0 Å². The van der Waals surface area contributed by atoms with Crippen molar-refractivity contribution in [2.24, 2.45) is 0 Å². The minimum atomic E-state index is -3.86. The molecule has 5 nitrogen and oxygen atoms in total. The number of rotatable bonds is 3. The number of ether oxygens (including phenoxy) is 1. The molecule has 1 aromatic heterocycles. The molecule has 3 rings (SSSR count). The highest BCUT2D eigenvalue weighted by atomic mass is 32.2. The van der Waals surface area contributed by atoms with Crippen molar-refractivity contribution in [1.82, 2.24) is 3.97 Å². The average molecular weight is 357 g/mol. The number of carbonyl (C=O) groups excluding carboxylic acids is 1. The number of aryl methyl sites for hydroxylation is 3. The molecule has 25 heavy (non-hydrogen) atoms. The van der Waals surface area contributed by atoms with Crippen LogP contribution in [0.4, 0.5) is 0 Å². The number of hydrogen-bond donors (Lipinski definition) is 0. The lowest BCUT2D eigenvalue weighted by Crippen LogP contribution is -2.15. The summed E-state index contributed by atoms with van der Waals surface area (Å²) in [6, 6.07) is 10.6. The molecule has 0 aliphatic carbocycles. The molecule has 0 saturated carbocycles. The largest absolute Gasteiger partial charge is 0.465 e. The Hall–Kier alpha value is -2.60. The van der Waals surface area contributed by atoms with Gasteiger partial charge in [-0.3, -0.25) is 0 Å². The van der Waals surface area contributed by atoms with Gasteiger partial charge in [0, 0.05) is 11.6 Å². The number of methoxy groups -OCH3 is 1. The van der Waals surface area contributed by atoms with Gasteiger partial charge in [-0.2, -0.15) is 0 Å². The van der Waals surface area contributed by atoms with E-state index in [-0.39, 0.29) is 10.5 Å². The van der Waals surface area contributed by atoms with Crippen molar-refractivity contribution in [1.29, 1.82) is 0 Å². The van der Waals surface area contributed by atoms with E-state index in [9.17, 15) is 13.2 Å². The summed E-state index contributed by atoms with van der Waals surface area (Å²) in [6.07, 6.45) is 1.34. The number of nitrogens with zero attached hydrogens (tertiary/aromatic N) is 1. The van der Waals surface area contributed by atoms with E-state index in [2.05, 4.69) is 0 Å². The predicted octanol–water partition coefficient (Wildman–Crippen LogP) is 3.59. The lowest BCUT2D eigenvalue weighted by Gasteiger charge is -2.14. The van der Waals surface area contributed by atoms with E-state index in [4.69, 9.17) is 4.74 Å². The minimum absolute atomic E-state index is 0.226. The van der Waals surface area contributed by atoms with Crippen LogP contribution in [0.1, 0.15) is 27.0 Å². The van der Waals surface area contributed by atoms with Crippen LogP contribution in [0.25, 0.3) is 10.9 Å². The maximum absolute atomic E-state index is 13.3. The van der Waals surface area contributed by atoms with Gasteiger partial charge in [-0.15, -0.1) is 0 Å². The van der Waals surface area contributed by atoms with Crippen LogP contribution in [0.3, 0.4) is 0 Å². The Morgan fingerprint density at radius 2 is 1.64 bits per heavy atom. The molecule has 0 atom stereocenters. The summed E-state index contributed by atoms with van der Waals surface area (Å²) in [7, 11) is -2.58. The zero-order valence-electron chi connectivity index (χ0n) is 14.5. The van der Waals surface area contributed by atoms with Gasteiger partial charge in [-0.05, 0) is 38.0 Å². The van der Waals surface area contributed by atoms with E-state index in [1.54, 1.807) is 38.1 Å². The molecule has 0 fully saturated rings. The topological polar surface area (TPSA) is 65.4 Å². The molecule has 0 unspecified atom stereocenters. The second-order valence-corrected chi connectivity index (χ2v) is 7.83. The van der Waals surface area contributed by atoms with Crippen molar-refractivity contribution >= 4 is 26.9 Å². The Kier molecular flexibility index (Phi) is 4.16. The summed E-state index contributed by atoms with van der Waals surface area (Å²) in [4.78, 5) is 12.3. The summed E-state index contributed by atoms with van der Waals surface area (Å²) in [5.41, 5.74) is 3.03. The van der Waals surface area contributed by atoms with Crippen LogP contribution in [-0.4, -0.2) is 25.5 Å². The van der Waals surface area contributed by atoms with E-state index >= 15 is 0 Å². The second kappa shape index (κ2) is 6.04. The van der Waals surface area contributed by atoms with Crippen molar-refractivity contribution in [3.05, 3.63) is 64.8 Å². The number of hydrogen-bond acceptors (Lipinski definition) is 4. The lowest BCUT2D eigenvalue weighted by atomic mass is 10.1. The fourth-order valence-electron chi connectivity index (χ4n) is 3.29. The first kappa shape index (κ1) is 17.2. The van der Waals surface area contributed by atoms with E-state index in [0.717, 1.165) is 5.56 Å². The van der Waals surface area contributed by atoms with Crippen molar-refractivity contribution in [3.8, 4) is 0 Å². The molecule has 0 aliphatic rings. The van der Waals surface area contributed by atoms with E-state index in [1.807, 2.05) is 19.1 Å². The first-order chi connectivity index (χ1) is 11.8. The van der Waals surface area contributed by atoms with Crippen LogP contribution >= 0.6 is 0 Å². The Morgan fingerprint density at radius 3 is 2.24 bits per heavy atom. The molecule has 0 aliphatic heterocycles. The van der Waals surface area contributed by atoms with Gasteiger partial charge in [0.05, 0.1) is 23.1 Å². The fourth-order valence-corrected chi connectivity index (χ4v) is 5.08. The standard InChI is InChI=1S/C19H19NO4S/c1-12-9-13(2)18(14(3)10-12)25(22,23)20-11-16(19(21)24-4)15-7-5-6-8-17(15)20/h5-11H,1-4H3. The van der Waals surface area contributed by atoms with Gasteiger partial charge in [-0.1, -0.05) is 35.9 Å². The Labute approximate surface area is 146 Å². The fraction of sp³-hybridized carbons (Fsp3) is 0.211. The van der Waals surface area contributed by atoms with Crippen molar-refractivity contribution in [2.75, 3.05) is 7.11 Å². The normalized spacial score (nSPS) is 11.7. The molecule has 0 amide bonds. The smallest absolute Gasteiger partial charge is 0.340 e. The number of carbonyl (C=O) groups is 1. The second-order valence-electron chi connectivity index (χ2n) is 6.08. The van der Waals surface area contributed by atoms with Crippen molar-refractivity contribution in [2.45, 2.75) is 25.7 Å². The van der Waals surface area contributed by atoms with Gasteiger partial charge in [-0.25, -0.2) is 17.2 Å². The van der Waals surface area contributed by atoms with Crippen LogP contribution < -0.4 is 0 Å². The molecule has 130 valence electrons. The number of esters is 1. The SMILES string of the molecule is COC(=O)c1cn(S(=O)(=O)c2c(C)cc(C)cc2C)c2ccccc12. The summed E-state index contributed by atoms with van der Waals surface area (Å²) in [5, 5.41) is 0.542. The molecule has 0 bridgehead atoms. The molecule has 2 aromatic carbocycles. The summed E-state index contributed by atoms with van der Waals surface area (Å²) in [5.74, 6) is -0.567. The summed E-state index contributed by atoms with van der Waals surface area (Å²) in [6.45, 7) is 5.48. The van der Waals surface area contributed by atoms with Crippen molar-refractivity contribution in [3.63, 3.8) is 0 Å². The minimum Gasteiger partial charge on any atom is -0.465 e. The number of fused-ring (bicyclic) bond motifs is 1. The first-order valence-electron chi connectivity index (χ1n) is 7.79. The maximum Gasteiger partial charge on any atom is 0.340 e. The number of benzene rings is 2. The number of aromatic nitrogens is 1. The molecular weight excluding hydrogens is 338 g/mol. The molecule has 1 heterocycles. The van der Waals surface area contributed by atoms with Crippen LogP contribution in [0.5, 0.6) is 0 Å². The van der Waals surface area contributed by atoms with Gasteiger partial charge in [0.1, 0.15) is 0 Å². The summed E-state index contributed by atoms with van der Waals surface area (Å²) < 4.78 is 32.6. The predicted molar refractivity (Wildman–Crippen MR) is 96.5 cm³/mol. The quantitative estimate of drug-likeness (QED) is 0.672.